The van der Waals surface area contributed by atoms with Gasteiger partial charge in [0.25, 0.3) is 0 Å². The van der Waals surface area contributed by atoms with E-state index in [1.165, 1.54) is 0 Å². The van der Waals surface area contributed by atoms with Crippen LogP contribution in [0.5, 0.6) is 0 Å². The van der Waals surface area contributed by atoms with Gasteiger partial charge < -0.3 is 19.5 Å². The fourth-order valence-electron chi connectivity index (χ4n) is 2.70. The maximum absolute atomic E-state index is 5.80. The highest BCUT2D eigenvalue weighted by Gasteiger charge is 2.19. The number of aryl methyl sites for hydroxylation is 2. The zero-order chi connectivity index (χ0) is 16.2. The van der Waals surface area contributed by atoms with Crippen molar-refractivity contribution in [2.75, 3.05) is 38.2 Å². The van der Waals surface area contributed by atoms with Gasteiger partial charge >= 0.3 is 0 Å². The molecule has 0 spiro atoms. The van der Waals surface area contributed by atoms with Crippen molar-refractivity contribution in [3.8, 4) is 0 Å². The van der Waals surface area contributed by atoms with Crippen LogP contribution in [-0.4, -0.2) is 52.8 Å². The van der Waals surface area contributed by atoms with Crippen LogP contribution in [0, 0.1) is 13.8 Å². The lowest BCUT2D eigenvalue weighted by Crippen LogP contribution is -2.34. The van der Waals surface area contributed by atoms with Gasteiger partial charge in [-0.3, -0.25) is 0 Å². The zero-order valence-corrected chi connectivity index (χ0v) is 14.0. The van der Waals surface area contributed by atoms with E-state index >= 15 is 0 Å². The first-order valence-electron chi connectivity index (χ1n) is 8.00. The highest BCUT2D eigenvalue weighted by atomic mass is 16.5. The van der Waals surface area contributed by atoms with Crippen LogP contribution >= 0.6 is 0 Å². The second-order valence-electron chi connectivity index (χ2n) is 5.85. The summed E-state index contributed by atoms with van der Waals surface area (Å²) in [7, 11) is 2.05. The normalized spacial score (nSPS) is 18.1. The minimum atomic E-state index is 0.00786. The number of imidazole rings is 1. The first-order valence-corrected chi connectivity index (χ1v) is 8.00. The van der Waals surface area contributed by atoms with Crippen molar-refractivity contribution >= 4 is 5.82 Å². The van der Waals surface area contributed by atoms with Crippen LogP contribution in [0.15, 0.2) is 18.5 Å². The van der Waals surface area contributed by atoms with E-state index < -0.39 is 0 Å². The van der Waals surface area contributed by atoms with Gasteiger partial charge in [-0.1, -0.05) is 0 Å². The predicted molar refractivity (Wildman–Crippen MR) is 88.6 cm³/mol. The summed E-state index contributed by atoms with van der Waals surface area (Å²) in [5.74, 6) is 2.73. The van der Waals surface area contributed by atoms with E-state index in [1.54, 1.807) is 0 Å². The van der Waals surface area contributed by atoms with Gasteiger partial charge in [-0.15, -0.1) is 0 Å². The molecule has 1 aliphatic heterocycles. The number of hydrogen-bond donors (Lipinski definition) is 1. The lowest BCUT2D eigenvalue weighted by Gasteiger charge is -2.25. The number of aromatic nitrogens is 4. The van der Waals surface area contributed by atoms with Gasteiger partial charge in [-0.2, -0.15) is 0 Å². The lowest BCUT2D eigenvalue weighted by molar-refractivity contribution is 0.0249. The quantitative estimate of drug-likeness (QED) is 0.890. The molecular formula is C16H24N6O. The topological polar surface area (TPSA) is 68.1 Å². The second-order valence-corrected chi connectivity index (χ2v) is 5.85. The Balaban J connectivity index is 1.70. The van der Waals surface area contributed by atoms with Crippen molar-refractivity contribution in [3.05, 3.63) is 35.8 Å². The summed E-state index contributed by atoms with van der Waals surface area (Å²) in [6.07, 6.45) is 3.84. The molecule has 2 aromatic heterocycles. The molecule has 7 heteroatoms. The number of nitrogens with one attached hydrogen (secondary N) is 1. The van der Waals surface area contributed by atoms with Crippen LogP contribution < -0.4 is 10.2 Å². The summed E-state index contributed by atoms with van der Waals surface area (Å²) in [6.45, 7) is 8.10. The fourth-order valence-corrected chi connectivity index (χ4v) is 2.70. The predicted octanol–water partition coefficient (Wildman–Crippen LogP) is 1.09. The molecule has 3 heterocycles. The van der Waals surface area contributed by atoms with Crippen LogP contribution in [0.3, 0.4) is 0 Å². The standard InChI is InChI=1S/C16H24N6O/c1-12-19-14(15-11-17-5-9-23-15)10-16(20-12)21(3)7-8-22-6-4-18-13(22)2/h4,6,10,15,17H,5,7-9,11H2,1-3H3/t15-/m0/s1. The van der Waals surface area contributed by atoms with E-state index in [2.05, 4.69) is 36.8 Å². The van der Waals surface area contributed by atoms with E-state index in [0.29, 0.717) is 0 Å². The van der Waals surface area contributed by atoms with Gasteiger partial charge in [-0.25, -0.2) is 15.0 Å². The third kappa shape index (κ3) is 3.86. The third-order valence-electron chi connectivity index (χ3n) is 4.09. The molecule has 1 saturated heterocycles. The Kier molecular flexibility index (Phi) is 4.88. The zero-order valence-electron chi connectivity index (χ0n) is 14.0. The molecule has 0 aromatic carbocycles. The number of anilines is 1. The monoisotopic (exact) mass is 316 g/mol. The summed E-state index contributed by atoms with van der Waals surface area (Å²) < 4.78 is 7.94. The molecular weight excluding hydrogens is 292 g/mol. The molecule has 1 atom stereocenters. The SMILES string of the molecule is Cc1nc([C@@H]2CNCCO2)cc(N(C)CCn2ccnc2C)n1. The second kappa shape index (κ2) is 7.06. The minimum Gasteiger partial charge on any atom is -0.369 e. The molecule has 23 heavy (non-hydrogen) atoms. The summed E-state index contributed by atoms with van der Waals surface area (Å²) in [5, 5.41) is 3.34. The van der Waals surface area contributed by atoms with Gasteiger partial charge in [0.15, 0.2) is 0 Å². The molecule has 1 N–H and O–H groups in total. The first-order chi connectivity index (χ1) is 11.1. The number of ether oxygens (including phenoxy) is 1. The van der Waals surface area contributed by atoms with Crippen molar-refractivity contribution in [2.24, 2.45) is 0 Å². The average molecular weight is 316 g/mol. The third-order valence-corrected chi connectivity index (χ3v) is 4.09. The number of nitrogens with zero attached hydrogens (tertiary/aromatic N) is 5. The molecule has 1 aliphatic rings. The summed E-state index contributed by atoms with van der Waals surface area (Å²) in [4.78, 5) is 15.5. The Hall–Kier alpha value is -1.99. The number of rotatable bonds is 5. The highest BCUT2D eigenvalue weighted by Crippen LogP contribution is 2.20. The number of likely N-dealkylation sites (N-methyl/N-ethyl adjacent to an activating group) is 1. The maximum Gasteiger partial charge on any atom is 0.132 e. The molecule has 2 aromatic rings. The van der Waals surface area contributed by atoms with Gasteiger partial charge in [0.05, 0.1) is 12.3 Å². The molecule has 0 aliphatic carbocycles. The molecule has 124 valence electrons. The average Bonchev–Trinajstić information content (AvgIpc) is 2.98. The van der Waals surface area contributed by atoms with Gasteiger partial charge in [0, 0.05) is 51.7 Å². The smallest absolute Gasteiger partial charge is 0.132 e. The Morgan fingerprint density at radius 1 is 1.39 bits per heavy atom. The Bertz CT molecular complexity index is 650. The van der Waals surface area contributed by atoms with E-state index in [1.807, 2.05) is 32.3 Å². The molecule has 0 bridgehead atoms. The van der Waals surface area contributed by atoms with Gasteiger partial charge in [0.2, 0.25) is 0 Å². The maximum atomic E-state index is 5.80. The Morgan fingerprint density at radius 2 is 2.26 bits per heavy atom. The molecule has 0 amide bonds. The van der Waals surface area contributed by atoms with Gasteiger partial charge in [0.1, 0.15) is 23.6 Å². The molecule has 0 unspecified atom stereocenters. The molecule has 3 rings (SSSR count). The number of morpholine rings is 1. The number of hydrogen-bond acceptors (Lipinski definition) is 6. The highest BCUT2D eigenvalue weighted by molar-refractivity contribution is 5.39. The van der Waals surface area contributed by atoms with E-state index in [9.17, 15) is 0 Å². The largest absolute Gasteiger partial charge is 0.369 e. The first kappa shape index (κ1) is 15.9. The lowest BCUT2D eigenvalue weighted by atomic mass is 10.2. The summed E-state index contributed by atoms with van der Waals surface area (Å²) in [5.41, 5.74) is 0.949. The summed E-state index contributed by atoms with van der Waals surface area (Å²) >= 11 is 0. The van der Waals surface area contributed by atoms with E-state index in [-0.39, 0.29) is 6.10 Å². The summed E-state index contributed by atoms with van der Waals surface area (Å²) in [6, 6.07) is 2.03. The molecule has 0 radical (unpaired) electrons. The van der Waals surface area contributed by atoms with Crippen molar-refractivity contribution in [3.63, 3.8) is 0 Å². The Morgan fingerprint density at radius 3 is 2.96 bits per heavy atom. The van der Waals surface area contributed by atoms with Crippen molar-refractivity contribution in [2.45, 2.75) is 26.5 Å². The Labute approximate surface area is 136 Å². The molecule has 7 nitrogen and oxygen atoms in total. The molecule has 0 saturated carbocycles. The van der Waals surface area contributed by atoms with E-state index in [4.69, 9.17) is 4.74 Å². The van der Waals surface area contributed by atoms with Crippen LogP contribution in [0.2, 0.25) is 0 Å². The molecule has 1 fully saturated rings. The van der Waals surface area contributed by atoms with Crippen LogP contribution in [0.25, 0.3) is 0 Å². The van der Waals surface area contributed by atoms with Crippen LogP contribution in [-0.2, 0) is 11.3 Å². The van der Waals surface area contributed by atoms with E-state index in [0.717, 1.165) is 55.9 Å². The van der Waals surface area contributed by atoms with Gasteiger partial charge in [-0.05, 0) is 13.8 Å². The van der Waals surface area contributed by atoms with Crippen LogP contribution in [0.1, 0.15) is 23.4 Å². The van der Waals surface area contributed by atoms with Crippen LogP contribution in [0.4, 0.5) is 5.82 Å². The van der Waals surface area contributed by atoms with Crippen molar-refractivity contribution in [1.82, 2.24) is 24.8 Å². The fraction of sp³-hybridized carbons (Fsp3) is 0.562. The van der Waals surface area contributed by atoms with Crippen molar-refractivity contribution < 1.29 is 4.74 Å². The minimum absolute atomic E-state index is 0.00786. The van der Waals surface area contributed by atoms with Crippen molar-refractivity contribution in [1.29, 1.82) is 0 Å².